The molecule has 9 N–H and O–H groups in total. The van der Waals surface area contributed by atoms with Gasteiger partial charge in [-0.05, 0) is 262 Å². The van der Waals surface area contributed by atoms with Crippen LogP contribution < -0.4 is 30.7 Å². The Morgan fingerprint density at radius 3 is 1.15 bits per heavy atom. The van der Waals surface area contributed by atoms with E-state index in [0.29, 0.717) is 127 Å². The minimum Gasteiger partial charge on any atom is -0.493 e. The topological polar surface area (TPSA) is 623 Å². The van der Waals surface area contributed by atoms with Gasteiger partial charge in [-0.3, -0.25) is 22.8 Å². The minimum atomic E-state index is -4.84. The fraction of sp³-hybridized carbons (Fsp3) is 0.170. The Morgan fingerprint density at radius 1 is 0.308 bits per heavy atom. The van der Waals surface area contributed by atoms with Crippen LogP contribution in [0.15, 0.2) is 356 Å². The number of nitrogens with one attached hydrogen (secondary N) is 4. The lowest BCUT2D eigenvalue weighted by molar-refractivity contribution is 0.154. The number of ether oxygens (including phenoxy) is 3. The Morgan fingerprint density at radius 2 is 0.678 bits per heavy atom. The van der Waals surface area contributed by atoms with Crippen LogP contribution in [0.3, 0.4) is 0 Å². The van der Waals surface area contributed by atoms with E-state index in [1.165, 1.54) is 72.8 Å². The van der Waals surface area contributed by atoms with Crippen LogP contribution in [0, 0.1) is 27.7 Å². The Hall–Kier alpha value is -16.2. The molecule has 2 heterocycles. The third kappa shape index (κ3) is 30.9. The van der Waals surface area contributed by atoms with Gasteiger partial charge in [-0.25, -0.2) is 4.98 Å². The maximum atomic E-state index is 12.8. The van der Waals surface area contributed by atoms with Crippen LogP contribution in [0.25, 0.3) is 0 Å². The summed E-state index contributed by atoms with van der Waals surface area (Å²) in [7, 11) is -22.9. The molecule has 732 valence electrons. The van der Waals surface area contributed by atoms with Gasteiger partial charge in [0.1, 0.15) is 44.3 Å². The van der Waals surface area contributed by atoms with Crippen molar-refractivity contribution < 1.29 is 79.1 Å². The number of azo groups is 8. The smallest absolute Gasteiger partial charge is 0.296 e. The number of hydrogen-bond donors (Lipinski definition) is 9. The van der Waals surface area contributed by atoms with Gasteiger partial charge in [0.2, 0.25) is 23.8 Å². The molecule has 0 unspecified atom stereocenters. The van der Waals surface area contributed by atoms with E-state index >= 15 is 0 Å². The minimum absolute atomic E-state index is 0.00549. The molecule has 14 aromatic rings. The molecule has 44 nitrogen and oxygen atoms in total. The number of anilines is 6. The van der Waals surface area contributed by atoms with E-state index in [2.05, 4.69) is 103 Å². The summed E-state index contributed by atoms with van der Waals surface area (Å²) in [6.45, 7) is 9.65. The molecule has 2 aromatic heterocycles. The predicted molar refractivity (Wildman–Crippen MR) is 531 cm³/mol. The highest BCUT2D eigenvalue weighted by atomic mass is 32.2. The summed E-state index contributed by atoms with van der Waals surface area (Å²) < 4.78 is 189. The normalized spacial score (nSPS) is 12.4. The van der Waals surface area contributed by atoms with Crippen molar-refractivity contribution in [3.63, 3.8) is 0 Å². The summed E-state index contributed by atoms with van der Waals surface area (Å²) in [6, 6.07) is 66.4. The van der Waals surface area contributed by atoms with E-state index in [1.54, 1.807) is 160 Å². The Labute approximate surface area is 820 Å². The van der Waals surface area contributed by atoms with Crippen molar-refractivity contribution in [1.82, 2.24) is 29.9 Å². The molecular weight excluding hydrogens is 1940 g/mol. The number of hydrogen-bond acceptors (Lipinski definition) is 39. The molecule has 0 atom stereocenters. The van der Waals surface area contributed by atoms with E-state index in [-0.39, 0.29) is 120 Å². The largest absolute Gasteiger partial charge is 0.493 e. The summed E-state index contributed by atoms with van der Waals surface area (Å²) in [6.07, 6.45) is 0.828. The molecule has 49 heteroatoms. The Balaban J connectivity index is 0.706. The molecule has 0 amide bonds. The second kappa shape index (κ2) is 47.2. The van der Waals surface area contributed by atoms with Gasteiger partial charge in [0, 0.05) is 49.3 Å². The zero-order valence-electron chi connectivity index (χ0n) is 76.5. The number of nitrogens with zero attached hydrogens (tertiary/aromatic N) is 22. The standard InChI is InChI=1S/C94H88N26O18S5/c1-6-44-137-85-57-82(120-118-81-41-33-75(56-88(81)143(133,134)135)114-106-66-16-11-8-12-17-66)60(3)50-64(85)54-90-99-89(53-63-18-38-78(59(2)49-63)115-111-69-23-19-67(20-24-69)107-109-71-27-34-76(35-28-71)140(124,125)126)100-91(101-90)95-42-46-136-47-43-96-92-102-93(97-73-31-39-79(61(4)51-73)116-117-80-40-32-74(55-87(80)142(130,131)132)113-105-65-14-9-7-10-15-65)104-94(103-92)98-84-52-62(5)83(58-86(84)138-45-13-48-139(121,122)123)119-112-70-25-21-68(22-26-70)108-110-72-29-36-77(37-30-72)141(127,128)129/h7-12,14-41,49-52,55-58H,6,13,42-48,53-54H2,1-5H3,(H,121,122,123)(H,124,125,126)(H,127,128,129)(H,130,131,132)(H,133,134,135)(H,95,99,100,101)(H3,96,97,98,102,103,104). The van der Waals surface area contributed by atoms with Crippen LogP contribution in [0.4, 0.5) is 126 Å². The van der Waals surface area contributed by atoms with E-state index in [1.807, 2.05) is 44.2 Å². The third-order valence-electron chi connectivity index (χ3n) is 20.2. The SMILES string of the molecule is CCCOc1cc(N=Nc2ccc(N=Nc3ccccc3)cc2S(=O)(=O)O)c(C)cc1Cc1nc(Cc2ccc(N=Nc3ccc(N=Nc4ccc(S(=O)(=O)O)cc4)cc3)c(C)c2)nc(NCCOCCNc2nc(Nc3ccc(N=Nc4ccc(N=Nc5ccccc5)cc4S(=O)(=O)O)c(C)c3)nc(Nc3cc(C)c(N=Nc4ccc(N=Nc5ccc(S(=O)(=O)O)cc5)cc4)cc3OCCCS(=O)(=O)O)n2)n1. The zero-order chi connectivity index (χ0) is 101. The third-order valence-corrected chi connectivity index (χ3v) is 24.5. The van der Waals surface area contributed by atoms with Crippen LogP contribution in [0.5, 0.6) is 11.5 Å². The quantitative estimate of drug-likeness (QED) is 0.00973. The second-order valence-electron chi connectivity index (χ2n) is 31.2. The molecule has 0 aliphatic rings. The Kier molecular flexibility index (Phi) is 33.8. The molecule has 0 aliphatic heterocycles. The van der Waals surface area contributed by atoms with Gasteiger partial charge in [-0.1, -0.05) is 55.5 Å². The van der Waals surface area contributed by atoms with Gasteiger partial charge in [0.05, 0.1) is 127 Å². The molecule has 0 bridgehead atoms. The highest BCUT2D eigenvalue weighted by Gasteiger charge is 2.23. The van der Waals surface area contributed by atoms with Gasteiger partial charge in [0.15, 0.2) is 0 Å². The first-order valence-electron chi connectivity index (χ1n) is 43.3. The zero-order valence-corrected chi connectivity index (χ0v) is 80.5. The number of rotatable bonds is 44. The molecule has 143 heavy (non-hydrogen) atoms. The van der Waals surface area contributed by atoms with Gasteiger partial charge in [0.25, 0.3) is 50.6 Å². The number of benzene rings is 12. The lowest BCUT2D eigenvalue weighted by Crippen LogP contribution is -2.18. The van der Waals surface area contributed by atoms with E-state index in [4.69, 9.17) is 44.1 Å². The Bertz CT molecular complexity index is 7870. The number of aryl methyl sites for hydroxylation is 4. The first-order chi connectivity index (χ1) is 68.5. The molecule has 0 spiro atoms. The molecule has 0 aliphatic carbocycles. The highest BCUT2D eigenvalue weighted by Crippen LogP contribution is 2.41. The lowest BCUT2D eigenvalue weighted by atomic mass is 10.0. The van der Waals surface area contributed by atoms with Crippen LogP contribution in [-0.4, -0.2) is 140 Å². The van der Waals surface area contributed by atoms with Crippen LogP contribution in [-0.2, 0) is 68.2 Å². The summed E-state index contributed by atoms with van der Waals surface area (Å²) >= 11 is 0. The summed E-state index contributed by atoms with van der Waals surface area (Å²) in [5, 5.41) is 81.4. The van der Waals surface area contributed by atoms with E-state index in [0.717, 1.165) is 23.3 Å². The predicted octanol–water partition coefficient (Wildman–Crippen LogP) is 24.3. The molecule has 0 radical (unpaired) electrons. The monoisotopic (exact) mass is 2030 g/mol. The first-order valence-corrected chi connectivity index (χ1v) is 50.7. The van der Waals surface area contributed by atoms with Crippen molar-refractivity contribution in [2.24, 2.45) is 81.8 Å². The average molecular weight is 2030 g/mol. The van der Waals surface area contributed by atoms with Crippen molar-refractivity contribution in [2.45, 2.75) is 79.9 Å². The van der Waals surface area contributed by atoms with Crippen molar-refractivity contribution in [3.8, 4) is 11.5 Å². The van der Waals surface area contributed by atoms with Crippen LogP contribution >= 0.6 is 0 Å². The lowest BCUT2D eigenvalue weighted by Gasteiger charge is -2.16. The highest BCUT2D eigenvalue weighted by molar-refractivity contribution is 7.87. The van der Waals surface area contributed by atoms with E-state index in [9.17, 15) is 64.9 Å². The fourth-order valence-electron chi connectivity index (χ4n) is 13.1. The van der Waals surface area contributed by atoms with Gasteiger partial charge >= 0.3 is 0 Å². The second-order valence-corrected chi connectivity index (χ2v) is 38.4. The van der Waals surface area contributed by atoms with E-state index < -0.39 is 66.1 Å². The molecular formula is C94H88N26O18S5. The van der Waals surface area contributed by atoms with Gasteiger partial charge < -0.3 is 35.5 Å². The maximum Gasteiger partial charge on any atom is 0.296 e. The molecule has 0 fully saturated rings. The van der Waals surface area contributed by atoms with Crippen LogP contribution in [0.2, 0.25) is 0 Å². The van der Waals surface area contributed by atoms with Gasteiger partial charge in [-0.2, -0.15) is 139 Å². The molecule has 14 rings (SSSR count). The van der Waals surface area contributed by atoms with Crippen molar-refractivity contribution in [1.29, 1.82) is 0 Å². The average Bonchev–Trinajstić information content (AvgIpc) is 0.808. The van der Waals surface area contributed by atoms with Crippen molar-refractivity contribution in [3.05, 3.63) is 300 Å². The molecule has 12 aromatic carbocycles. The summed E-state index contributed by atoms with van der Waals surface area (Å²) in [4.78, 5) is 27.3. The fourth-order valence-corrected chi connectivity index (χ4v) is 15.9. The molecule has 0 saturated carbocycles. The van der Waals surface area contributed by atoms with Crippen LogP contribution in [0.1, 0.15) is 64.8 Å². The summed E-state index contributed by atoms with van der Waals surface area (Å²) in [5.41, 5.74) is 9.61. The summed E-state index contributed by atoms with van der Waals surface area (Å²) in [5.74, 6) is 0.819. The first kappa shape index (κ1) is 103. The van der Waals surface area contributed by atoms with Gasteiger partial charge in [-0.15, -0.1) is 10.2 Å². The number of aromatic nitrogens is 6. The maximum absolute atomic E-state index is 12.8. The molecule has 0 saturated heterocycles. The van der Waals surface area contributed by atoms with Crippen molar-refractivity contribution in [2.75, 3.05) is 66.5 Å². The van der Waals surface area contributed by atoms with Crippen molar-refractivity contribution >= 4 is 177 Å².